The molecule has 7 nitrogen and oxygen atoms in total. The van der Waals surface area contributed by atoms with Crippen LogP contribution in [0.4, 0.5) is 0 Å². The topological polar surface area (TPSA) is 70.6 Å². The molecule has 1 aromatic carbocycles. The zero-order valence-electron chi connectivity index (χ0n) is 14.9. The van der Waals surface area contributed by atoms with E-state index < -0.39 is 0 Å². The Kier molecular flexibility index (Phi) is 5.22. The Morgan fingerprint density at radius 1 is 1.31 bits per heavy atom. The van der Waals surface area contributed by atoms with Gasteiger partial charge in [0.25, 0.3) is 5.91 Å². The lowest BCUT2D eigenvalue weighted by Gasteiger charge is -2.08. The number of carbonyl (C=O) groups is 1. The number of hydrogen-bond acceptors (Lipinski definition) is 5. The number of nitrogens with zero attached hydrogens (tertiary/aromatic N) is 4. The van der Waals surface area contributed by atoms with Gasteiger partial charge in [-0.15, -0.1) is 6.58 Å². The Morgan fingerprint density at radius 3 is 2.65 bits per heavy atom. The van der Waals surface area contributed by atoms with Crippen LogP contribution >= 0.6 is 11.3 Å². The summed E-state index contributed by atoms with van der Waals surface area (Å²) in [5.41, 5.74) is 1.13. The lowest BCUT2D eigenvalue weighted by atomic mass is 10.3. The highest BCUT2D eigenvalue weighted by Gasteiger charge is 2.16. The molecule has 26 heavy (non-hydrogen) atoms. The number of hydrogen-bond donors (Lipinski definition) is 0. The lowest BCUT2D eigenvalue weighted by molar-refractivity contribution is 0.0992. The van der Waals surface area contributed by atoms with E-state index in [0.29, 0.717) is 35.1 Å². The van der Waals surface area contributed by atoms with Crippen molar-refractivity contribution in [2.75, 3.05) is 14.2 Å². The van der Waals surface area contributed by atoms with Crippen LogP contribution in [0.1, 0.15) is 17.4 Å². The van der Waals surface area contributed by atoms with E-state index in [0.717, 1.165) is 10.2 Å². The first-order valence-corrected chi connectivity index (χ1v) is 8.92. The van der Waals surface area contributed by atoms with Gasteiger partial charge in [0.05, 0.1) is 14.2 Å². The molecule has 3 aromatic rings. The number of allylic oxidation sites excluding steroid dienone is 1. The van der Waals surface area contributed by atoms with Crippen molar-refractivity contribution in [3.05, 3.63) is 47.5 Å². The standard InChI is InChI=1S/C18H20N4O3S/c1-5-10-22-15-13(24-3)7-8-14(25-4)16(15)26-18(22)19-17(23)12-9-11-21(6-2)20-12/h5,7-9,11H,1,6,10H2,2-4H3. The van der Waals surface area contributed by atoms with Crippen molar-refractivity contribution < 1.29 is 14.3 Å². The van der Waals surface area contributed by atoms with Crippen LogP contribution in [0, 0.1) is 0 Å². The second-order valence-corrected chi connectivity index (χ2v) is 6.38. The van der Waals surface area contributed by atoms with Crippen molar-refractivity contribution in [3.8, 4) is 11.5 Å². The van der Waals surface area contributed by atoms with E-state index in [1.165, 1.54) is 11.3 Å². The van der Waals surface area contributed by atoms with E-state index in [2.05, 4.69) is 16.7 Å². The minimum Gasteiger partial charge on any atom is -0.495 e. The maximum atomic E-state index is 12.5. The second-order valence-electron chi connectivity index (χ2n) is 5.41. The summed E-state index contributed by atoms with van der Waals surface area (Å²) in [6.45, 7) is 6.94. The van der Waals surface area contributed by atoms with Gasteiger partial charge >= 0.3 is 0 Å². The van der Waals surface area contributed by atoms with Crippen LogP contribution in [-0.2, 0) is 13.1 Å². The van der Waals surface area contributed by atoms with Crippen molar-refractivity contribution >= 4 is 27.5 Å². The molecule has 0 spiro atoms. The number of carbonyl (C=O) groups excluding carboxylic acids is 1. The number of aromatic nitrogens is 3. The van der Waals surface area contributed by atoms with Crippen LogP contribution in [0.3, 0.4) is 0 Å². The minimum atomic E-state index is -0.389. The average molecular weight is 372 g/mol. The second kappa shape index (κ2) is 7.57. The summed E-state index contributed by atoms with van der Waals surface area (Å²) in [5.74, 6) is 0.996. The van der Waals surface area contributed by atoms with Gasteiger partial charge in [0.2, 0.25) is 0 Å². The van der Waals surface area contributed by atoms with Gasteiger partial charge in [0, 0.05) is 19.3 Å². The Morgan fingerprint density at radius 2 is 2.04 bits per heavy atom. The molecule has 2 aromatic heterocycles. The van der Waals surface area contributed by atoms with E-state index >= 15 is 0 Å². The molecular weight excluding hydrogens is 352 g/mol. The molecule has 0 saturated carbocycles. The summed E-state index contributed by atoms with van der Waals surface area (Å²) in [6.07, 6.45) is 3.51. The fourth-order valence-corrected chi connectivity index (χ4v) is 3.78. The molecule has 0 fully saturated rings. The lowest BCUT2D eigenvalue weighted by Crippen LogP contribution is -2.17. The first-order chi connectivity index (χ1) is 12.6. The average Bonchev–Trinajstić information content (AvgIpc) is 3.27. The van der Waals surface area contributed by atoms with Gasteiger partial charge in [-0.1, -0.05) is 17.4 Å². The number of benzene rings is 1. The monoisotopic (exact) mass is 372 g/mol. The third kappa shape index (κ3) is 3.15. The van der Waals surface area contributed by atoms with Crippen LogP contribution in [0.2, 0.25) is 0 Å². The van der Waals surface area contributed by atoms with Crippen LogP contribution < -0.4 is 14.3 Å². The molecule has 8 heteroatoms. The molecule has 136 valence electrons. The molecule has 0 aliphatic rings. The predicted molar refractivity (Wildman–Crippen MR) is 101 cm³/mol. The normalized spacial score (nSPS) is 11.7. The maximum Gasteiger partial charge on any atom is 0.300 e. The van der Waals surface area contributed by atoms with E-state index in [9.17, 15) is 4.79 Å². The highest BCUT2D eigenvalue weighted by Crippen LogP contribution is 2.35. The molecule has 2 heterocycles. The van der Waals surface area contributed by atoms with Gasteiger partial charge in [-0.3, -0.25) is 9.48 Å². The van der Waals surface area contributed by atoms with Crippen LogP contribution in [0.25, 0.3) is 10.2 Å². The van der Waals surface area contributed by atoms with E-state index in [-0.39, 0.29) is 5.91 Å². The molecule has 0 saturated heterocycles. The van der Waals surface area contributed by atoms with Crippen LogP contribution in [-0.4, -0.2) is 34.5 Å². The van der Waals surface area contributed by atoms with Gasteiger partial charge in [0.1, 0.15) is 21.7 Å². The third-order valence-electron chi connectivity index (χ3n) is 3.88. The zero-order chi connectivity index (χ0) is 18.7. The van der Waals surface area contributed by atoms with Gasteiger partial charge in [-0.25, -0.2) is 0 Å². The summed E-state index contributed by atoms with van der Waals surface area (Å²) in [4.78, 5) is 17.4. The fourth-order valence-electron chi connectivity index (χ4n) is 2.63. The summed E-state index contributed by atoms with van der Waals surface area (Å²) in [6, 6.07) is 5.34. The van der Waals surface area contributed by atoms with Crippen molar-refractivity contribution in [2.45, 2.75) is 20.0 Å². The quantitative estimate of drug-likeness (QED) is 0.624. The molecule has 0 aliphatic carbocycles. The molecule has 3 rings (SSSR count). The molecule has 0 bridgehead atoms. The van der Waals surface area contributed by atoms with E-state index in [1.807, 2.05) is 23.6 Å². The smallest absolute Gasteiger partial charge is 0.300 e. The predicted octanol–water partition coefficient (Wildman–Crippen LogP) is 2.86. The van der Waals surface area contributed by atoms with Crippen molar-refractivity contribution in [1.29, 1.82) is 0 Å². The number of amides is 1. The molecular formula is C18H20N4O3S. The number of rotatable bonds is 6. The number of ether oxygens (including phenoxy) is 2. The fraction of sp³-hybridized carbons (Fsp3) is 0.278. The number of methoxy groups -OCH3 is 2. The van der Waals surface area contributed by atoms with Gasteiger partial charge in [-0.05, 0) is 25.1 Å². The van der Waals surface area contributed by atoms with Crippen molar-refractivity contribution in [3.63, 3.8) is 0 Å². The van der Waals surface area contributed by atoms with Gasteiger partial charge in [-0.2, -0.15) is 10.1 Å². The van der Waals surface area contributed by atoms with Crippen molar-refractivity contribution in [2.24, 2.45) is 4.99 Å². The molecule has 0 radical (unpaired) electrons. The molecule has 0 N–H and O–H groups in total. The number of aryl methyl sites for hydroxylation is 1. The minimum absolute atomic E-state index is 0.313. The summed E-state index contributed by atoms with van der Waals surface area (Å²) in [5, 5.41) is 4.22. The zero-order valence-corrected chi connectivity index (χ0v) is 15.7. The summed E-state index contributed by atoms with van der Waals surface area (Å²) >= 11 is 1.37. The number of fused-ring (bicyclic) bond motifs is 1. The molecule has 0 unspecified atom stereocenters. The van der Waals surface area contributed by atoms with Crippen molar-refractivity contribution in [1.82, 2.24) is 14.3 Å². The largest absolute Gasteiger partial charge is 0.495 e. The highest BCUT2D eigenvalue weighted by molar-refractivity contribution is 7.16. The Labute approximate surface area is 154 Å². The Bertz CT molecular complexity index is 1030. The van der Waals surface area contributed by atoms with E-state index in [4.69, 9.17) is 9.47 Å². The van der Waals surface area contributed by atoms with E-state index in [1.54, 1.807) is 37.2 Å². The maximum absolute atomic E-state index is 12.5. The number of thiazole rings is 1. The van der Waals surface area contributed by atoms with Gasteiger partial charge < -0.3 is 14.0 Å². The summed E-state index contributed by atoms with van der Waals surface area (Å²) < 4.78 is 15.4. The Hall–Kier alpha value is -2.87. The summed E-state index contributed by atoms with van der Waals surface area (Å²) in [7, 11) is 3.22. The highest BCUT2D eigenvalue weighted by atomic mass is 32.1. The molecule has 0 aliphatic heterocycles. The SMILES string of the molecule is C=CCn1c(=NC(=O)c2ccn(CC)n2)sc2c(OC)ccc(OC)c21. The Balaban J connectivity index is 2.22. The third-order valence-corrected chi connectivity index (χ3v) is 4.98. The first kappa shape index (κ1) is 17.9. The van der Waals surface area contributed by atoms with Gasteiger partial charge in [0.15, 0.2) is 10.5 Å². The van der Waals surface area contributed by atoms with Crippen LogP contribution in [0.5, 0.6) is 11.5 Å². The van der Waals surface area contributed by atoms with Crippen LogP contribution in [0.15, 0.2) is 42.0 Å². The molecule has 0 atom stereocenters. The first-order valence-electron chi connectivity index (χ1n) is 8.10. The molecule has 1 amide bonds.